The second kappa shape index (κ2) is 8.39. The lowest BCUT2D eigenvalue weighted by Gasteiger charge is -2.16. The Morgan fingerprint density at radius 1 is 1.19 bits per heavy atom. The molecule has 1 atom stereocenters. The number of benzene rings is 2. The second-order valence-electron chi connectivity index (χ2n) is 6.94. The van der Waals surface area contributed by atoms with E-state index in [-0.39, 0.29) is 16.6 Å². The van der Waals surface area contributed by atoms with Crippen molar-refractivity contribution in [2.24, 2.45) is 0 Å². The molecule has 0 fully saturated rings. The van der Waals surface area contributed by atoms with Crippen LogP contribution in [-0.2, 0) is 4.74 Å². The van der Waals surface area contributed by atoms with Gasteiger partial charge < -0.3 is 9.15 Å². The molecule has 2 aromatic carbocycles. The Kier molecular flexibility index (Phi) is 5.65. The number of thioether (sulfide) groups is 1. The maximum Gasteiger partial charge on any atom is 0.373 e. The van der Waals surface area contributed by atoms with Crippen molar-refractivity contribution in [3.63, 3.8) is 0 Å². The minimum Gasteiger partial charge on any atom is -0.463 e. The first kappa shape index (κ1) is 20.9. The zero-order valence-electron chi connectivity index (χ0n) is 17.1. The molecule has 0 saturated heterocycles. The number of nitrogens with zero attached hydrogens (tertiary/aromatic N) is 2. The second-order valence-corrected chi connectivity index (χ2v) is 8.25. The number of halogens is 1. The molecule has 8 heteroatoms. The van der Waals surface area contributed by atoms with E-state index in [0.29, 0.717) is 33.1 Å². The number of ether oxygens (including phenoxy) is 1. The molecule has 158 valence electrons. The topological polar surface area (TPSA) is 74.3 Å². The van der Waals surface area contributed by atoms with Crippen molar-refractivity contribution in [1.82, 2.24) is 9.55 Å². The number of carbonyl (C=O) groups excluding carboxylic acids is 1. The number of para-hydroxylation sites is 1. The van der Waals surface area contributed by atoms with Crippen molar-refractivity contribution in [1.29, 1.82) is 0 Å². The molecule has 4 aromatic rings. The molecule has 0 aliphatic carbocycles. The highest BCUT2D eigenvalue weighted by molar-refractivity contribution is 7.99. The van der Waals surface area contributed by atoms with Gasteiger partial charge in [-0.1, -0.05) is 30.0 Å². The molecule has 0 radical (unpaired) electrons. The maximum absolute atomic E-state index is 14.3. The van der Waals surface area contributed by atoms with E-state index < -0.39 is 11.8 Å². The predicted molar refractivity (Wildman–Crippen MR) is 116 cm³/mol. The van der Waals surface area contributed by atoms with Crippen LogP contribution in [-0.4, -0.2) is 22.6 Å². The van der Waals surface area contributed by atoms with Gasteiger partial charge in [0.15, 0.2) is 5.16 Å². The van der Waals surface area contributed by atoms with Crippen molar-refractivity contribution in [3.05, 3.63) is 87.9 Å². The third-order valence-electron chi connectivity index (χ3n) is 4.85. The van der Waals surface area contributed by atoms with Gasteiger partial charge in [-0.2, -0.15) is 0 Å². The lowest BCUT2D eigenvalue weighted by molar-refractivity contribution is 0.0563. The van der Waals surface area contributed by atoms with Crippen molar-refractivity contribution in [3.8, 4) is 5.69 Å². The van der Waals surface area contributed by atoms with Gasteiger partial charge >= 0.3 is 5.97 Å². The van der Waals surface area contributed by atoms with Crippen LogP contribution in [0.15, 0.2) is 69.0 Å². The van der Waals surface area contributed by atoms with E-state index in [1.165, 1.54) is 35.6 Å². The molecule has 2 aromatic heterocycles. The number of aryl methyl sites for hydroxylation is 1. The number of fused-ring (bicyclic) bond motifs is 1. The van der Waals surface area contributed by atoms with Crippen LogP contribution in [0.3, 0.4) is 0 Å². The van der Waals surface area contributed by atoms with Crippen molar-refractivity contribution in [2.75, 3.05) is 7.11 Å². The van der Waals surface area contributed by atoms with Gasteiger partial charge in [-0.05, 0) is 55.8 Å². The first-order chi connectivity index (χ1) is 14.9. The van der Waals surface area contributed by atoms with Crippen LogP contribution in [0.25, 0.3) is 16.6 Å². The first-order valence-electron chi connectivity index (χ1n) is 9.52. The third-order valence-corrected chi connectivity index (χ3v) is 5.93. The number of rotatable bonds is 5. The normalized spacial score (nSPS) is 12.1. The Hall–Kier alpha value is -3.39. The van der Waals surface area contributed by atoms with Gasteiger partial charge in [0.1, 0.15) is 11.6 Å². The quantitative estimate of drug-likeness (QED) is 0.246. The Bertz CT molecular complexity index is 1350. The Morgan fingerprint density at radius 2 is 1.97 bits per heavy atom. The Morgan fingerprint density at radius 3 is 2.71 bits per heavy atom. The van der Waals surface area contributed by atoms with Gasteiger partial charge in [0.25, 0.3) is 5.56 Å². The molecule has 0 saturated carbocycles. The highest BCUT2D eigenvalue weighted by Crippen LogP contribution is 2.36. The fourth-order valence-electron chi connectivity index (χ4n) is 3.14. The van der Waals surface area contributed by atoms with Crippen LogP contribution >= 0.6 is 11.8 Å². The molecule has 2 heterocycles. The molecule has 0 bridgehead atoms. The number of aromatic nitrogens is 2. The van der Waals surface area contributed by atoms with E-state index in [9.17, 15) is 14.0 Å². The highest BCUT2D eigenvalue weighted by Gasteiger charge is 2.21. The van der Waals surface area contributed by atoms with Crippen LogP contribution in [0, 0.1) is 12.7 Å². The maximum atomic E-state index is 14.3. The molecule has 0 aliphatic heterocycles. The summed E-state index contributed by atoms with van der Waals surface area (Å²) in [5, 5.41) is 0.537. The average Bonchev–Trinajstić information content (AvgIpc) is 3.26. The molecular formula is C23H19FN2O4S. The monoisotopic (exact) mass is 438 g/mol. The van der Waals surface area contributed by atoms with Gasteiger partial charge in [-0.3, -0.25) is 9.36 Å². The summed E-state index contributed by atoms with van der Waals surface area (Å²) in [5.41, 5.74) is 1.12. The number of furan rings is 1. The minimum absolute atomic E-state index is 0.0921. The minimum atomic E-state index is -0.570. The summed E-state index contributed by atoms with van der Waals surface area (Å²) in [7, 11) is 1.28. The van der Waals surface area contributed by atoms with Gasteiger partial charge in [-0.25, -0.2) is 14.2 Å². The number of hydrogen-bond acceptors (Lipinski definition) is 6. The van der Waals surface area contributed by atoms with Crippen LogP contribution in [0.2, 0.25) is 0 Å². The molecule has 31 heavy (non-hydrogen) atoms. The molecule has 1 unspecified atom stereocenters. The number of methoxy groups -OCH3 is 1. The van der Waals surface area contributed by atoms with Gasteiger partial charge in [0, 0.05) is 0 Å². The molecule has 0 N–H and O–H groups in total. The fraction of sp³-hybridized carbons (Fsp3) is 0.174. The van der Waals surface area contributed by atoms with Crippen LogP contribution in [0.5, 0.6) is 0 Å². The van der Waals surface area contributed by atoms with Crippen LogP contribution < -0.4 is 5.56 Å². The zero-order chi connectivity index (χ0) is 22.1. The van der Waals surface area contributed by atoms with E-state index in [1.54, 1.807) is 49.4 Å². The molecule has 6 nitrogen and oxygen atoms in total. The molecular weight excluding hydrogens is 419 g/mol. The van der Waals surface area contributed by atoms with E-state index >= 15 is 0 Å². The van der Waals surface area contributed by atoms with Gasteiger partial charge in [-0.15, -0.1) is 0 Å². The summed E-state index contributed by atoms with van der Waals surface area (Å²) in [6.45, 7) is 3.53. The molecule has 4 rings (SSSR count). The summed E-state index contributed by atoms with van der Waals surface area (Å²) >= 11 is 1.27. The summed E-state index contributed by atoms with van der Waals surface area (Å²) in [5.74, 6) is -0.363. The summed E-state index contributed by atoms with van der Waals surface area (Å²) in [6, 6.07) is 14.9. The highest BCUT2D eigenvalue weighted by atomic mass is 32.2. The van der Waals surface area contributed by atoms with E-state index in [2.05, 4.69) is 9.72 Å². The van der Waals surface area contributed by atoms with Gasteiger partial charge in [0.05, 0.1) is 29.0 Å². The first-order valence-corrected chi connectivity index (χ1v) is 10.4. The van der Waals surface area contributed by atoms with Crippen molar-refractivity contribution in [2.45, 2.75) is 24.3 Å². The van der Waals surface area contributed by atoms with E-state index in [1.807, 2.05) is 6.92 Å². The number of esters is 1. The van der Waals surface area contributed by atoms with Crippen molar-refractivity contribution >= 4 is 28.6 Å². The SMILES string of the molecule is COC(=O)c1ccc(C(C)Sc2nc3ccccc3c(=O)n2-c2ccc(C)c(F)c2)o1. The standard InChI is InChI=1S/C23H19FN2O4S/c1-13-8-9-15(12-17(13)24)26-21(27)16-6-4-5-7-18(16)25-23(26)31-14(2)19-10-11-20(30-19)22(28)29-3/h4-12,14H,1-3H3. The molecule has 0 aliphatic rings. The Balaban J connectivity index is 1.82. The van der Waals surface area contributed by atoms with E-state index in [4.69, 9.17) is 4.42 Å². The van der Waals surface area contributed by atoms with Gasteiger partial charge in [0.2, 0.25) is 5.76 Å². The third kappa shape index (κ3) is 3.98. The number of hydrogen-bond donors (Lipinski definition) is 0. The van der Waals surface area contributed by atoms with E-state index in [0.717, 1.165) is 0 Å². The molecule has 0 amide bonds. The number of carbonyl (C=O) groups is 1. The smallest absolute Gasteiger partial charge is 0.373 e. The predicted octanol–water partition coefficient (Wildman–Crippen LogP) is 5.07. The summed E-state index contributed by atoms with van der Waals surface area (Å²) in [4.78, 5) is 29.6. The zero-order valence-corrected chi connectivity index (χ0v) is 17.9. The summed E-state index contributed by atoms with van der Waals surface area (Å²) < 4.78 is 26.0. The average molecular weight is 438 g/mol. The van der Waals surface area contributed by atoms with Crippen molar-refractivity contribution < 1.29 is 18.3 Å². The lowest BCUT2D eigenvalue weighted by Crippen LogP contribution is -2.22. The molecule has 0 spiro atoms. The summed E-state index contributed by atoms with van der Waals surface area (Å²) in [6.07, 6.45) is 0. The lowest BCUT2D eigenvalue weighted by atomic mass is 10.2. The Labute approximate surface area is 181 Å². The largest absolute Gasteiger partial charge is 0.463 e. The fourth-order valence-corrected chi connectivity index (χ4v) is 4.14. The van der Waals surface area contributed by atoms with Crippen LogP contribution in [0.1, 0.15) is 34.1 Å². The van der Waals surface area contributed by atoms with Crippen LogP contribution in [0.4, 0.5) is 4.39 Å².